The Morgan fingerprint density at radius 1 is 0.939 bits per heavy atom. The first-order valence-corrected chi connectivity index (χ1v) is 12.0. The van der Waals surface area contributed by atoms with Crippen LogP contribution in [-0.4, -0.2) is 31.6 Å². The Bertz CT molecular complexity index is 1130. The van der Waals surface area contributed by atoms with Gasteiger partial charge in [0.05, 0.1) is 13.2 Å². The van der Waals surface area contributed by atoms with E-state index in [1.807, 2.05) is 24.3 Å². The molecule has 3 aromatic rings. The molecule has 5 rings (SSSR count). The highest BCUT2D eigenvalue weighted by molar-refractivity contribution is 6.30. The Kier molecular flexibility index (Phi) is 6.30. The number of benzene rings is 3. The van der Waals surface area contributed by atoms with Crippen LogP contribution in [0.15, 0.2) is 72.8 Å². The number of nitrogens with two attached hydrogens (primary N) is 1. The van der Waals surface area contributed by atoms with Crippen LogP contribution in [0.3, 0.4) is 0 Å². The van der Waals surface area contributed by atoms with Gasteiger partial charge in [-0.15, -0.1) is 0 Å². The van der Waals surface area contributed by atoms with Crippen LogP contribution in [0.25, 0.3) is 5.70 Å². The van der Waals surface area contributed by atoms with Gasteiger partial charge in [-0.2, -0.15) is 0 Å². The molecule has 33 heavy (non-hydrogen) atoms. The maximum Gasteiger partial charge on any atom is 0.119 e. The molecule has 170 valence electrons. The summed E-state index contributed by atoms with van der Waals surface area (Å²) in [4.78, 5) is 4.94. The van der Waals surface area contributed by atoms with E-state index < -0.39 is 0 Å². The van der Waals surface area contributed by atoms with Crippen molar-refractivity contribution in [1.29, 1.82) is 0 Å². The van der Waals surface area contributed by atoms with Crippen LogP contribution < -0.4 is 15.4 Å². The fourth-order valence-corrected chi connectivity index (χ4v) is 5.10. The van der Waals surface area contributed by atoms with Crippen LogP contribution >= 0.6 is 11.6 Å². The minimum absolute atomic E-state index is 0.0413. The summed E-state index contributed by atoms with van der Waals surface area (Å²) in [6.45, 7) is 4.17. The smallest absolute Gasteiger partial charge is 0.119 e. The zero-order valence-electron chi connectivity index (χ0n) is 19.0. The van der Waals surface area contributed by atoms with E-state index in [0.717, 1.165) is 40.8 Å². The second kappa shape index (κ2) is 9.50. The highest BCUT2D eigenvalue weighted by Crippen LogP contribution is 2.40. The van der Waals surface area contributed by atoms with Crippen LogP contribution in [0.1, 0.15) is 41.1 Å². The molecule has 2 heterocycles. The van der Waals surface area contributed by atoms with Crippen molar-refractivity contribution in [2.24, 2.45) is 5.73 Å². The average Bonchev–Trinajstić information content (AvgIpc) is 3.36. The van der Waals surface area contributed by atoms with Gasteiger partial charge in [0.1, 0.15) is 5.75 Å². The monoisotopic (exact) mass is 459 g/mol. The summed E-state index contributed by atoms with van der Waals surface area (Å²) in [5, 5.41) is 0.742. The van der Waals surface area contributed by atoms with Gasteiger partial charge in [0.25, 0.3) is 0 Å². The normalized spacial score (nSPS) is 16.9. The van der Waals surface area contributed by atoms with Gasteiger partial charge in [0.2, 0.25) is 0 Å². The first-order valence-electron chi connectivity index (χ1n) is 11.6. The van der Waals surface area contributed by atoms with Gasteiger partial charge in [-0.3, -0.25) is 4.90 Å². The number of rotatable bonds is 6. The molecule has 2 N–H and O–H groups in total. The molecular formula is C28H30ClN3O. The molecular weight excluding hydrogens is 430 g/mol. The molecule has 3 aromatic carbocycles. The molecule has 0 radical (unpaired) electrons. The van der Waals surface area contributed by atoms with Crippen molar-refractivity contribution < 1.29 is 4.74 Å². The summed E-state index contributed by atoms with van der Waals surface area (Å²) < 4.78 is 5.45. The number of methoxy groups -OCH3 is 1. The highest BCUT2D eigenvalue weighted by atomic mass is 35.5. The third-order valence-corrected chi connectivity index (χ3v) is 6.98. The quantitative estimate of drug-likeness (QED) is 0.501. The van der Waals surface area contributed by atoms with Crippen LogP contribution in [0.2, 0.25) is 5.02 Å². The lowest BCUT2D eigenvalue weighted by atomic mass is 9.93. The first-order chi connectivity index (χ1) is 16.1. The van der Waals surface area contributed by atoms with Gasteiger partial charge in [-0.1, -0.05) is 48.0 Å². The van der Waals surface area contributed by atoms with Crippen LogP contribution in [0, 0.1) is 0 Å². The summed E-state index contributed by atoms with van der Waals surface area (Å²) in [6, 6.07) is 23.5. The molecule has 1 atom stereocenters. The molecule has 2 aliphatic rings. The van der Waals surface area contributed by atoms with Gasteiger partial charge in [0.15, 0.2) is 0 Å². The molecule has 0 amide bonds. The fraction of sp³-hybridized carbons (Fsp3) is 0.286. The van der Waals surface area contributed by atoms with Crippen LogP contribution in [0.4, 0.5) is 5.69 Å². The van der Waals surface area contributed by atoms with E-state index in [1.54, 1.807) is 7.11 Å². The third-order valence-electron chi connectivity index (χ3n) is 6.73. The number of halogens is 1. The van der Waals surface area contributed by atoms with Gasteiger partial charge >= 0.3 is 0 Å². The van der Waals surface area contributed by atoms with Crippen molar-refractivity contribution in [3.63, 3.8) is 0 Å². The van der Waals surface area contributed by atoms with E-state index in [9.17, 15) is 0 Å². The second-order valence-corrected chi connectivity index (χ2v) is 9.31. The maximum absolute atomic E-state index is 6.38. The van der Waals surface area contributed by atoms with Crippen molar-refractivity contribution in [3.05, 3.63) is 100 Å². The van der Waals surface area contributed by atoms with E-state index in [4.69, 9.17) is 22.1 Å². The lowest BCUT2D eigenvalue weighted by molar-refractivity contribution is 0.331. The minimum Gasteiger partial charge on any atom is -0.497 e. The van der Waals surface area contributed by atoms with Crippen molar-refractivity contribution in [3.8, 4) is 5.75 Å². The zero-order chi connectivity index (χ0) is 22.8. The summed E-state index contributed by atoms with van der Waals surface area (Å²) in [6.07, 6.45) is 4.71. The molecule has 5 heteroatoms. The number of likely N-dealkylation sites (tertiary alicyclic amines) is 1. The summed E-state index contributed by atoms with van der Waals surface area (Å²) in [7, 11) is 1.68. The Balaban J connectivity index is 1.53. The molecule has 0 saturated carbocycles. The van der Waals surface area contributed by atoms with E-state index in [1.165, 1.54) is 42.6 Å². The summed E-state index contributed by atoms with van der Waals surface area (Å²) in [5.41, 5.74) is 13.1. The molecule has 4 nitrogen and oxygen atoms in total. The number of ether oxygens (including phenoxy) is 1. The number of hydrogen-bond donors (Lipinski definition) is 1. The van der Waals surface area contributed by atoms with Crippen molar-refractivity contribution in [2.45, 2.75) is 25.4 Å². The topological polar surface area (TPSA) is 41.7 Å². The lowest BCUT2D eigenvalue weighted by Crippen LogP contribution is -2.33. The molecule has 2 aliphatic heterocycles. The number of fused-ring (bicyclic) bond motifs is 1. The maximum atomic E-state index is 6.38. The lowest BCUT2D eigenvalue weighted by Gasteiger charge is -2.37. The zero-order valence-corrected chi connectivity index (χ0v) is 19.8. The largest absolute Gasteiger partial charge is 0.497 e. The van der Waals surface area contributed by atoms with Gasteiger partial charge in [-0.05, 0) is 79.0 Å². The number of hydrogen-bond acceptors (Lipinski definition) is 4. The van der Waals surface area contributed by atoms with Gasteiger partial charge in [-0.25, -0.2) is 0 Å². The highest BCUT2D eigenvalue weighted by Gasteiger charge is 2.27. The standard InChI is InChI=1S/C28H30ClN3O/c1-33-24-12-13-27-25(18-24)26(30)14-17-32(27)28(22-8-10-23(29)11-9-22)21-6-4-20(5-7-21)19-31-15-2-3-16-31/h4-14,18,28H,2-3,15-17,19,30H2,1H3. The van der Waals surface area contributed by atoms with Gasteiger partial charge < -0.3 is 15.4 Å². The van der Waals surface area contributed by atoms with Crippen LogP contribution in [-0.2, 0) is 6.54 Å². The Labute approximate surface area is 201 Å². The number of anilines is 1. The van der Waals surface area contributed by atoms with E-state index in [2.05, 4.69) is 58.3 Å². The van der Waals surface area contributed by atoms with Crippen molar-refractivity contribution in [1.82, 2.24) is 4.90 Å². The Hall–Kier alpha value is -2.95. The van der Waals surface area contributed by atoms with E-state index >= 15 is 0 Å². The molecule has 0 aromatic heterocycles. The van der Waals surface area contributed by atoms with Gasteiger partial charge in [0, 0.05) is 35.1 Å². The van der Waals surface area contributed by atoms with Crippen LogP contribution in [0.5, 0.6) is 5.75 Å². The molecule has 0 bridgehead atoms. The molecule has 0 spiro atoms. The van der Waals surface area contributed by atoms with Crippen molar-refractivity contribution in [2.75, 3.05) is 31.6 Å². The molecule has 1 fully saturated rings. The average molecular weight is 460 g/mol. The fourth-order valence-electron chi connectivity index (χ4n) is 4.97. The van der Waals surface area contributed by atoms with E-state index in [0.29, 0.717) is 0 Å². The minimum atomic E-state index is 0.0413. The van der Waals surface area contributed by atoms with E-state index in [-0.39, 0.29) is 6.04 Å². The second-order valence-electron chi connectivity index (χ2n) is 8.87. The Morgan fingerprint density at radius 3 is 2.27 bits per heavy atom. The van der Waals surface area contributed by atoms with Crippen molar-refractivity contribution >= 4 is 23.0 Å². The Morgan fingerprint density at radius 2 is 1.61 bits per heavy atom. The molecule has 1 unspecified atom stereocenters. The molecule has 1 saturated heterocycles. The summed E-state index contributed by atoms with van der Waals surface area (Å²) in [5.74, 6) is 0.807. The molecule has 0 aliphatic carbocycles. The predicted molar refractivity (Wildman–Crippen MR) is 137 cm³/mol. The third kappa shape index (κ3) is 4.59. The first kappa shape index (κ1) is 21.9. The number of nitrogens with zero attached hydrogens (tertiary/aromatic N) is 2. The SMILES string of the molecule is COc1ccc2c(c1)C(N)=CCN2C(c1ccc(Cl)cc1)c1ccc(CN2CCCC2)cc1. The predicted octanol–water partition coefficient (Wildman–Crippen LogP) is 5.85. The summed E-state index contributed by atoms with van der Waals surface area (Å²) >= 11 is 6.23.